The Morgan fingerprint density at radius 2 is 1.96 bits per heavy atom. The first-order valence-corrected chi connectivity index (χ1v) is 8.38. The SMILES string of the molecule is COc1ccc(C[NH+](C)[C@@H](C)C(=O)Nc2cccc(C(C)=O)c2)cc1F. The monoisotopic (exact) mass is 359 g/mol. The molecule has 0 aliphatic heterocycles. The van der Waals surface area contributed by atoms with Gasteiger partial charge >= 0.3 is 0 Å². The van der Waals surface area contributed by atoms with E-state index in [1.807, 2.05) is 7.05 Å². The molecule has 2 N–H and O–H groups in total. The summed E-state index contributed by atoms with van der Waals surface area (Å²) >= 11 is 0. The molecule has 26 heavy (non-hydrogen) atoms. The predicted molar refractivity (Wildman–Crippen MR) is 98.1 cm³/mol. The Hall–Kier alpha value is -2.73. The molecule has 138 valence electrons. The number of hydrogen-bond donors (Lipinski definition) is 2. The number of quaternary nitrogens is 1. The van der Waals surface area contributed by atoms with Gasteiger partial charge in [-0.25, -0.2) is 4.39 Å². The number of benzene rings is 2. The molecule has 0 spiro atoms. The molecule has 0 heterocycles. The molecule has 2 atom stereocenters. The first-order valence-electron chi connectivity index (χ1n) is 8.38. The van der Waals surface area contributed by atoms with Gasteiger partial charge in [-0.3, -0.25) is 9.59 Å². The lowest BCUT2D eigenvalue weighted by molar-refractivity contribution is -0.907. The number of carbonyl (C=O) groups is 2. The molecule has 0 radical (unpaired) electrons. The topological polar surface area (TPSA) is 59.8 Å². The van der Waals surface area contributed by atoms with Crippen molar-refractivity contribution in [1.29, 1.82) is 0 Å². The minimum Gasteiger partial charge on any atom is -0.494 e. The largest absolute Gasteiger partial charge is 0.494 e. The highest BCUT2D eigenvalue weighted by Gasteiger charge is 2.22. The lowest BCUT2D eigenvalue weighted by atomic mass is 10.1. The van der Waals surface area contributed by atoms with Gasteiger partial charge in [-0.05, 0) is 44.2 Å². The number of amides is 1. The third-order valence-corrected chi connectivity index (χ3v) is 4.37. The molecular weight excluding hydrogens is 335 g/mol. The Morgan fingerprint density at radius 3 is 2.58 bits per heavy atom. The van der Waals surface area contributed by atoms with Crippen LogP contribution in [-0.4, -0.2) is 31.9 Å². The maximum atomic E-state index is 13.8. The van der Waals surface area contributed by atoms with Gasteiger partial charge in [0.05, 0.1) is 14.2 Å². The van der Waals surface area contributed by atoms with Crippen LogP contribution in [0.15, 0.2) is 42.5 Å². The molecule has 1 amide bonds. The van der Waals surface area contributed by atoms with Gasteiger partial charge in [0.15, 0.2) is 23.4 Å². The van der Waals surface area contributed by atoms with Crippen LogP contribution in [0, 0.1) is 5.82 Å². The van der Waals surface area contributed by atoms with Gasteiger partial charge in [-0.15, -0.1) is 0 Å². The maximum absolute atomic E-state index is 13.8. The van der Waals surface area contributed by atoms with Gasteiger partial charge in [0.25, 0.3) is 5.91 Å². The molecule has 0 fully saturated rings. The first kappa shape index (κ1) is 19.6. The van der Waals surface area contributed by atoms with Crippen LogP contribution >= 0.6 is 0 Å². The van der Waals surface area contributed by atoms with E-state index in [4.69, 9.17) is 4.74 Å². The van der Waals surface area contributed by atoms with Crippen molar-refractivity contribution in [2.75, 3.05) is 19.5 Å². The molecule has 1 unspecified atom stereocenters. The highest BCUT2D eigenvalue weighted by atomic mass is 19.1. The standard InChI is InChI=1S/C20H23FN2O3/c1-13(20(25)22-17-7-5-6-16(11-17)14(2)24)23(3)12-15-8-9-19(26-4)18(21)10-15/h5-11,13H,12H2,1-4H3,(H,22,25)/p+1/t13-/m0/s1. The van der Waals surface area contributed by atoms with Crippen LogP contribution in [0.2, 0.25) is 0 Å². The number of ketones is 1. The van der Waals surface area contributed by atoms with E-state index in [-0.39, 0.29) is 23.5 Å². The number of hydrogen-bond acceptors (Lipinski definition) is 3. The fourth-order valence-electron chi connectivity index (χ4n) is 2.59. The van der Waals surface area contributed by atoms with E-state index in [0.717, 1.165) is 10.5 Å². The number of ether oxygens (including phenoxy) is 1. The van der Waals surface area contributed by atoms with Crippen LogP contribution in [-0.2, 0) is 11.3 Å². The summed E-state index contributed by atoms with van der Waals surface area (Å²) in [5.74, 6) is -0.450. The third kappa shape index (κ3) is 4.89. The molecule has 6 heteroatoms. The summed E-state index contributed by atoms with van der Waals surface area (Å²) in [6.45, 7) is 3.78. The molecule has 5 nitrogen and oxygen atoms in total. The lowest BCUT2D eigenvalue weighted by Gasteiger charge is -2.21. The van der Waals surface area contributed by atoms with Gasteiger partial charge in [-0.2, -0.15) is 0 Å². The van der Waals surface area contributed by atoms with E-state index in [0.29, 0.717) is 17.8 Å². The zero-order valence-corrected chi connectivity index (χ0v) is 15.4. The minimum absolute atomic E-state index is 0.0570. The van der Waals surface area contributed by atoms with Crippen molar-refractivity contribution in [2.24, 2.45) is 0 Å². The van der Waals surface area contributed by atoms with E-state index >= 15 is 0 Å². The third-order valence-electron chi connectivity index (χ3n) is 4.37. The molecule has 0 aliphatic rings. The molecule has 0 aromatic heterocycles. The summed E-state index contributed by atoms with van der Waals surface area (Å²) in [5, 5.41) is 2.83. The molecule has 2 aromatic carbocycles. The lowest BCUT2D eigenvalue weighted by Crippen LogP contribution is -3.12. The first-order chi connectivity index (χ1) is 12.3. The minimum atomic E-state index is -0.420. The van der Waals surface area contributed by atoms with E-state index < -0.39 is 5.82 Å². The van der Waals surface area contributed by atoms with Crippen LogP contribution in [0.25, 0.3) is 0 Å². The molecular formula is C20H24FN2O3+. The molecule has 0 aliphatic carbocycles. The van der Waals surface area contributed by atoms with Crippen molar-refractivity contribution >= 4 is 17.4 Å². The second kappa shape index (κ2) is 8.58. The Balaban J connectivity index is 2.02. The number of methoxy groups -OCH3 is 1. The fraction of sp³-hybridized carbons (Fsp3) is 0.300. The van der Waals surface area contributed by atoms with Gasteiger partial charge < -0.3 is 15.0 Å². The van der Waals surface area contributed by atoms with Gasteiger partial charge in [-0.1, -0.05) is 12.1 Å². The van der Waals surface area contributed by atoms with Crippen molar-refractivity contribution in [2.45, 2.75) is 26.4 Å². The molecule has 2 rings (SSSR count). The van der Waals surface area contributed by atoms with E-state index in [1.54, 1.807) is 43.3 Å². The molecule has 0 bridgehead atoms. The summed E-state index contributed by atoms with van der Waals surface area (Å²) in [6.07, 6.45) is 0. The van der Waals surface area contributed by atoms with Crippen molar-refractivity contribution in [3.8, 4) is 5.75 Å². The number of anilines is 1. The predicted octanol–water partition coefficient (Wildman–Crippen LogP) is 2.08. The van der Waals surface area contributed by atoms with Crippen molar-refractivity contribution < 1.29 is 23.6 Å². The van der Waals surface area contributed by atoms with E-state index in [1.165, 1.54) is 20.1 Å². The quantitative estimate of drug-likeness (QED) is 0.744. The van der Waals surface area contributed by atoms with Gasteiger partial charge in [0.1, 0.15) is 6.54 Å². The Morgan fingerprint density at radius 1 is 1.23 bits per heavy atom. The molecule has 0 saturated heterocycles. The number of likely N-dealkylation sites (N-methyl/N-ethyl adjacent to an activating group) is 1. The highest BCUT2D eigenvalue weighted by Crippen LogP contribution is 2.17. The van der Waals surface area contributed by atoms with Crippen LogP contribution in [0.3, 0.4) is 0 Å². The van der Waals surface area contributed by atoms with Gasteiger partial charge in [0.2, 0.25) is 0 Å². The normalized spacial score (nSPS) is 13.0. The van der Waals surface area contributed by atoms with Crippen LogP contribution < -0.4 is 15.0 Å². The average Bonchev–Trinajstić information content (AvgIpc) is 2.61. The average molecular weight is 359 g/mol. The second-order valence-electron chi connectivity index (χ2n) is 6.34. The summed E-state index contributed by atoms with van der Waals surface area (Å²) in [5.41, 5.74) is 1.90. The Bertz CT molecular complexity index is 807. The number of halogens is 1. The summed E-state index contributed by atoms with van der Waals surface area (Å²) in [6, 6.07) is 11.3. The Kier molecular flexibility index (Phi) is 6.46. The number of Topliss-reactive ketones (excluding diaryl/α,β-unsaturated/α-hetero) is 1. The van der Waals surface area contributed by atoms with Crippen LogP contribution in [0.5, 0.6) is 5.75 Å². The number of nitrogens with one attached hydrogen (secondary N) is 2. The van der Waals surface area contributed by atoms with Gasteiger partial charge in [0, 0.05) is 16.8 Å². The number of carbonyl (C=O) groups excluding carboxylic acids is 2. The number of rotatable bonds is 7. The zero-order chi connectivity index (χ0) is 19.3. The van der Waals surface area contributed by atoms with Crippen molar-refractivity contribution in [3.05, 3.63) is 59.4 Å². The molecule has 0 saturated carbocycles. The second-order valence-corrected chi connectivity index (χ2v) is 6.34. The zero-order valence-electron chi connectivity index (χ0n) is 15.4. The van der Waals surface area contributed by atoms with Crippen LogP contribution in [0.1, 0.15) is 29.8 Å². The molecule has 2 aromatic rings. The van der Waals surface area contributed by atoms with E-state index in [2.05, 4.69) is 5.32 Å². The van der Waals surface area contributed by atoms with E-state index in [9.17, 15) is 14.0 Å². The van der Waals surface area contributed by atoms with Crippen molar-refractivity contribution in [1.82, 2.24) is 0 Å². The summed E-state index contributed by atoms with van der Waals surface area (Å²) < 4.78 is 18.7. The summed E-state index contributed by atoms with van der Waals surface area (Å²) in [4.78, 5) is 24.8. The fourth-order valence-corrected chi connectivity index (χ4v) is 2.59. The smallest absolute Gasteiger partial charge is 0.282 e. The highest BCUT2D eigenvalue weighted by molar-refractivity contribution is 5.97. The van der Waals surface area contributed by atoms with Crippen LogP contribution in [0.4, 0.5) is 10.1 Å². The maximum Gasteiger partial charge on any atom is 0.282 e. The Labute approximate surface area is 152 Å². The van der Waals surface area contributed by atoms with Crippen molar-refractivity contribution in [3.63, 3.8) is 0 Å². The summed E-state index contributed by atoms with van der Waals surface area (Å²) in [7, 11) is 3.29.